The topological polar surface area (TPSA) is 104 Å². The first kappa shape index (κ1) is 17.4. The van der Waals surface area contributed by atoms with Crippen LogP contribution in [0.2, 0.25) is 0 Å². The van der Waals surface area contributed by atoms with Crippen LogP contribution in [0.4, 0.5) is 13.2 Å². The van der Waals surface area contributed by atoms with E-state index in [-0.39, 0.29) is 11.0 Å². The van der Waals surface area contributed by atoms with E-state index in [1.54, 1.807) is 12.1 Å². The Bertz CT molecular complexity index is 981. The molecule has 12 heteroatoms. The van der Waals surface area contributed by atoms with E-state index in [0.717, 1.165) is 28.6 Å². The number of alkyl halides is 3. The molecule has 0 spiro atoms. The van der Waals surface area contributed by atoms with Crippen LogP contribution >= 0.6 is 11.8 Å². The molecule has 3 rings (SSSR count). The first-order valence-electron chi connectivity index (χ1n) is 6.54. The van der Waals surface area contributed by atoms with Crippen LogP contribution in [0.15, 0.2) is 62.0 Å². The van der Waals surface area contributed by atoms with Gasteiger partial charge in [0.15, 0.2) is 5.76 Å². The fourth-order valence-electron chi connectivity index (χ4n) is 1.85. The van der Waals surface area contributed by atoms with Crippen LogP contribution in [0.3, 0.4) is 0 Å². The normalized spacial score (nSPS) is 12.4. The minimum absolute atomic E-state index is 0.248. The van der Waals surface area contributed by atoms with Crippen LogP contribution in [-0.2, 0) is 9.84 Å². The lowest BCUT2D eigenvalue weighted by Crippen LogP contribution is -2.23. The van der Waals surface area contributed by atoms with Gasteiger partial charge < -0.3 is 10.3 Å². The van der Waals surface area contributed by atoms with Crippen LogP contribution in [-0.4, -0.2) is 28.8 Å². The van der Waals surface area contributed by atoms with Crippen molar-refractivity contribution in [3.05, 3.63) is 42.7 Å². The van der Waals surface area contributed by atoms with Crippen LogP contribution in [0.25, 0.3) is 11.6 Å². The summed E-state index contributed by atoms with van der Waals surface area (Å²) in [4.78, 5) is -0.402. The molecule has 0 unspecified atom stereocenters. The standard InChI is InChI=1S/C13H9F3N4O3S2/c14-13(15,16)25(21,22)9-5-3-8(4-6-9)24-12-19-18-11(20(12)17)10-2-1-7-23-10/h1-7H,17H2. The van der Waals surface area contributed by atoms with E-state index in [1.807, 2.05) is 0 Å². The van der Waals surface area contributed by atoms with Crippen molar-refractivity contribution in [3.63, 3.8) is 0 Å². The van der Waals surface area contributed by atoms with Gasteiger partial charge in [-0.2, -0.15) is 13.2 Å². The molecule has 0 radical (unpaired) electrons. The SMILES string of the molecule is Nn1c(Sc2ccc(S(=O)(=O)C(F)(F)F)cc2)nnc1-c1ccco1. The van der Waals surface area contributed by atoms with E-state index < -0.39 is 20.2 Å². The van der Waals surface area contributed by atoms with Gasteiger partial charge in [-0.1, -0.05) is 0 Å². The van der Waals surface area contributed by atoms with E-state index in [0.29, 0.717) is 10.7 Å². The summed E-state index contributed by atoms with van der Waals surface area (Å²) in [6, 6.07) is 7.48. The molecule has 2 heterocycles. The van der Waals surface area contributed by atoms with Crippen molar-refractivity contribution in [3.8, 4) is 11.6 Å². The lowest BCUT2D eigenvalue weighted by molar-refractivity contribution is -0.0436. The van der Waals surface area contributed by atoms with Gasteiger partial charge in [0, 0.05) is 4.90 Å². The smallest absolute Gasteiger partial charge is 0.461 e. The van der Waals surface area contributed by atoms with Gasteiger partial charge in [-0.3, -0.25) is 0 Å². The van der Waals surface area contributed by atoms with Crippen molar-refractivity contribution in [2.75, 3.05) is 5.84 Å². The first-order valence-corrected chi connectivity index (χ1v) is 8.84. The molecule has 0 atom stereocenters. The van der Waals surface area contributed by atoms with Gasteiger partial charge in [0.1, 0.15) is 0 Å². The monoisotopic (exact) mass is 390 g/mol. The van der Waals surface area contributed by atoms with E-state index in [1.165, 1.54) is 18.4 Å². The Kier molecular flexibility index (Phi) is 4.24. The maximum atomic E-state index is 12.5. The number of sulfone groups is 1. The highest BCUT2D eigenvalue weighted by Crippen LogP contribution is 2.33. The molecule has 0 fully saturated rings. The van der Waals surface area contributed by atoms with E-state index in [9.17, 15) is 21.6 Å². The molecule has 0 aliphatic heterocycles. The minimum Gasteiger partial charge on any atom is -0.461 e. The Morgan fingerprint density at radius 2 is 1.80 bits per heavy atom. The Morgan fingerprint density at radius 1 is 1.12 bits per heavy atom. The summed E-state index contributed by atoms with van der Waals surface area (Å²) in [6.45, 7) is 0. The maximum Gasteiger partial charge on any atom is 0.501 e. The third-order valence-electron chi connectivity index (χ3n) is 3.05. The highest BCUT2D eigenvalue weighted by atomic mass is 32.2. The summed E-state index contributed by atoms with van der Waals surface area (Å²) in [5.74, 6) is 6.53. The quantitative estimate of drug-likeness (QED) is 0.683. The Labute approximate surface area is 143 Å². The summed E-state index contributed by atoms with van der Waals surface area (Å²) in [5, 5.41) is 7.99. The highest BCUT2D eigenvalue weighted by molar-refractivity contribution is 7.99. The Morgan fingerprint density at radius 3 is 2.36 bits per heavy atom. The molecular weight excluding hydrogens is 381 g/mol. The molecule has 0 aliphatic rings. The third-order valence-corrected chi connectivity index (χ3v) is 5.52. The zero-order valence-corrected chi connectivity index (χ0v) is 13.8. The molecule has 0 bridgehead atoms. The number of furan rings is 1. The number of nitrogen functional groups attached to an aromatic ring is 1. The maximum absolute atomic E-state index is 12.5. The summed E-state index contributed by atoms with van der Waals surface area (Å²) in [5.41, 5.74) is -5.35. The fourth-order valence-corrected chi connectivity index (χ4v) is 3.36. The first-order chi connectivity index (χ1) is 11.7. The molecule has 0 aliphatic carbocycles. The molecule has 132 valence electrons. The summed E-state index contributed by atoms with van der Waals surface area (Å²) in [6.07, 6.45) is 1.44. The van der Waals surface area contributed by atoms with Crippen molar-refractivity contribution in [2.24, 2.45) is 0 Å². The number of aromatic nitrogens is 3. The number of rotatable bonds is 4. The van der Waals surface area contributed by atoms with Crippen molar-refractivity contribution in [1.82, 2.24) is 14.9 Å². The van der Waals surface area contributed by atoms with Crippen molar-refractivity contribution in [1.29, 1.82) is 0 Å². The number of benzene rings is 1. The van der Waals surface area contributed by atoms with Gasteiger partial charge in [0.2, 0.25) is 11.0 Å². The van der Waals surface area contributed by atoms with Crippen molar-refractivity contribution in [2.45, 2.75) is 20.5 Å². The zero-order chi connectivity index (χ0) is 18.2. The van der Waals surface area contributed by atoms with Crippen LogP contribution < -0.4 is 5.84 Å². The predicted molar refractivity (Wildman–Crippen MR) is 81.7 cm³/mol. The molecular formula is C13H9F3N4O3S2. The molecule has 2 N–H and O–H groups in total. The van der Waals surface area contributed by atoms with Gasteiger partial charge in [-0.25, -0.2) is 13.1 Å². The predicted octanol–water partition coefficient (Wildman–Crippen LogP) is 2.70. The van der Waals surface area contributed by atoms with E-state index >= 15 is 0 Å². The van der Waals surface area contributed by atoms with Gasteiger partial charge in [0.25, 0.3) is 9.84 Å². The molecule has 0 saturated heterocycles. The fraction of sp³-hybridized carbons (Fsp3) is 0.0769. The minimum atomic E-state index is -5.38. The van der Waals surface area contributed by atoms with Gasteiger partial charge in [-0.15, -0.1) is 10.2 Å². The van der Waals surface area contributed by atoms with E-state index in [2.05, 4.69) is 10.2 Å². The molecule has 0 amide bonds. The lowest BCUT2D eigenvalue weighted by atomic mass is 10.4. The van der Waals surface area contributed by atoms with Crippen LogP contribution in [0, 0.1) is 0 Å². The summed E-state index contributed by atoms with van der Waals surface area (Å²) >= 11 is 1.01. The number of nitrogens with zero attached hydrogens (tertiary/aromatic N) is 3. The van der Waals surface area contributed by atoms with Crippen molar-refractivity contribution >= 4 is 21.6 Å². The molecule has 25 heavy (non-hydrogen) atoms. The number of nitrogens with two attached hydrogens (primary N) is 1. The van der Waals surface area contributed by atoms with Crippen LogP contribution in [0.5, 0.6) is 0 Å². The van der Waals surface area contributed by atoms with Crippen LogP contribution in [0.1, 0.15) is 0 Å². The zero-order valence-electron chi connectivity index (χ0n) is 12.1. The molecule has 7 nitrogen and oxygen atoms in total. The summed E-state index contributed by atoms with van der Waals surface area (Å²) in [7, 11) is -5.38. The second kappa shape index (κ2) is 6.11. The molecule has 2 aromatic heterocycles. The highest BCUT2D eigenvalue weighted by Gasteiger charge is 2.46. The molecule has 1 aromatic carbocycles. The molecule has 3 aromatic rings. The van der Waals surface area contributed by atoms with Gasteiger partial charge in [-0.05, 0) is 48.2 Å². The molecule has 0 saturated carbocycles. The second-order valence-corrected chi connectivity index (χ2v) is 7.66. The second-order valence-electron chi connectivity index (χ2n) is 4.68. The Balaban J connectivity index is 1.84. The summed E-state index contributed by atoms with van der Waals surface area (Å²) < 4.78 is 66.5. The average molecular weight is 390 g/mol. The van der Waals surface area contributed by atoms with Gasteiger partial charge in [0.05, 0.1) is 11.2 Å². The largest absolute Gasteiger partial charge is 0.501 e. The van der Waals surface area contributed by atoms with E-state index in [4.69, 9.17) is 10.3 Å². The van der Waals surface area contributed by atoms with Crippen molar-refractivity contribution < 1.29 is 26.0 Å². The third kappa shape index (κ3) is 3.22. The Hall–Kier alpha value is -2.47. The number of hydrogen-bond acceptors (Lipinski definition) is 7. The number of hydrogen-bond donors (Lipinski definition) is 1. The average Bonchev–Trinajstić information content (AvgIpc) is 3.18. The van der Waals surface area contributed by atoms with Gasteiger partial charge >= 0.3 is 5.51 Å². The number of halogens is 3. The lowest BCUT2D eigenvalue weighted by Gasteiger charge is -2.08.